The van der Waals surface area contributed by atoms with Crippen molar-refractivity contribution in [2.24, 2.45) is 0 Å². The van der Waals surface area contributed by atoms with Gasteiger partial charge in [0.2, 0.25) is 0 Å². The largest absolute Gasteiger partial charge is 0.486 e. The summed E-state index contributed by atoms with van der Waals surface area (Å²) in [5.41, 5.74) is -0.492. The van der Waals surface area contributed by atoms with Crippen molar-refractivity contribution in [3.8, 4) is 11.8 Å². The van der Waals surface area contributed by atoms with Gasteiger partial charge in [-0.3, -0.25) is 10.1 Å². The zero-order chi connectivity index (χ0) is 13.2. The summed E-state index contributed by atoms with van der Waals surface area (Å²) in [6.07, 6.45) is 4.02. The number of rotatable bonds is 3. The first-order chi connectivity index (χ1) is 8.56. The Hall–Kier alpha value is -2.09. The summed E-state index contributed by atoms with van der Waals surface area (Å²) in [6, 6.07) is 6.36. The van der Waals surface area contributed by atoms with Crippen molar-refractivity contribution in [1.29, 1.82) is 5.26 Å². The Balaban J connectivity index is 2.36. The summed E-state index contributed by atoms with van der Waals surface area (Å²) in [5, 5.41) is 19.9. The number of hydrogen-bond donors (Lipinski definition) is 0. The Morgan fingerprint density at radius 1 is 1.44 bits per heavy atom. The van der Waals surface area contributed by atoms with Crippen molar-refractivity contribution >= 4 is 5.69 Å². The summed E-state index contributed by atoms with van der Waals surface area (Å²) in [4.78, 5) is 10.3. The molecule has 94 valence electrons. The van der Waals surface area contributed by atoms with Gasteiger partial charge >= 0.3 is 0 Å². The van der Waals surface area contributed by atoms with Gasteiger partial charge in [-0.2, -0.15) is 5.26 Å². The molecule has 0 aromatic heterocycles. The van der Waals surface area contributed by atoms with Crippen LogP contribution in [0.3, 0.4) is 0 Å². The predicted molar refractivity (Wildman–Crippen MR) is 65.3 cm³/mol. The molecule has 2 rings (SSSR count). The SMILES string of the molecule is CC1(Oc2cccc([N+](=O)[O-])c2C#N)CCCC1. The minimum atomic E-state index is -0.553. The number of ether oxygens (including phenoxy) is 1. The van der Waals surface area contributed by atoms with Gasteiger partial charge in [-0.15, -0.1) is 0 Å². The molecule has 1 fully saturated rings. The van der Waals surface area contributed by atoms with Crippen molar-refractivity contribution in [2.75, 3.05) is 0 Å². The molecule has 5 heteroatoms. The molecule has 0 N–H and O–H groups in total. The van der Waals surface area contributed by atoms with Crippen molar-refractivity contribution in [2.45, 2.75) is 38.2 Å². The van der Waals surface area contributed by atoms with Crippen molar-refractivity contribution in [1.82, 2.24) is 0 Å². The molecule has 0 atom stereocenters. The van der Waals surface area contributed by atoms with Gasteiger partial charge in [0, 0.05) is 6.07 Å². The van der Waals surface area contributed by atoms with Gasteiger partial charge in [0.1, 0.15) is 17.4 Å². The van der Waals surface area contributed by atoms with E-state index in [1.54, 1.807) is 12.1 Å². The third-order valence-electron chi connectivity index (χ3n) is 3.33. The molecule has 18 heavy (non-hydrogen) atoms. The fourth-order valence-corrected chi connectivity index (χ4v) is 2.36. The highest BCUT2D eigenvalue weighted by Crippen LogP contribution is 2.37. The lowest BCUT2D eigenvalue weighted by Gasteiger charge is -2.25. The lowest BCUT2D eigenvalue weighted by molar-refractivity contribution is -0.385. The molecule has 0 spiro atoms. The standard InChI is InChI=1S/C13H14N2O3/c1-13(7-2-3-8-13)18-12-6-4-5-11(15(16)17)10(12)9-14/h4-6H,2-3,7-8H2,1H3. The lowest BCUT2D eigenvalue weighted by Crippen LogP contribution is -2.28. The van der Waals surface area contributed by atoms with Crippen LogP contribution in [0.5, 0.6) is 5.75 Å². The first-order valence-electron chi connectivity index (χ1n) is 5.92. The topological polar surface area (TPSA) is 76.2 Å². The van der Waals surface area contributed by atoms with E-state index < -0.39 is 4.92 Å². The highest BCUT2D eigenvalue weighted by Gasteiger charge is 2.32. The molecule has 0 radical (unpaired) electrons. The maximum atomic E-state index is 10.8. The average Bonchev–Trinajstić information content (AvgIpc) is 2.75. The molecular weight excluding hydrogens is 232 g/mol. The number of nitrogens with zero attached hydrogens (tertiary/aromatic N) is 2. The molecule has 0 unspecified atom stereocenters. The van der Waals surface area contributed by atoms with E-state index in [-0.39, 0.29) is 16.9 Å². The summed E-state index contributed by atoms with van der Waals surface area (Å²) >= 11 is 0. The molecule has 5 nitrogen and oxygen atoms in total. The Kier molecular flexibility index (Phi) is 3.19. The Bertz CT molecular complexity index is 513. The molecule has 0 amide bonds. The first-order valence-corrected chi connectivity index (χ1v) is 5.92. The fourth-order valence-electron chi connectivity index (χ4n) is 2.36. The minimum Gasteiger partial charge on any atom is -0.486 e. The van der Waals surface area contributed by atoms with E-state index in [0.29, 0.717) is 5.75 Å². The fraction of sp³-hybridized carbons (Fsp3) is 0.462. The quantitative estimate of drug-likeness (QED) is 0.606. The number of nitriles is 1. The van der Waals surface area contributed by atoms with Gasteiger partial charge in [0.15, 0.2) is 5.56 Å². The Morgan fingerprint density at radius 2 is 2.11 bits per heavy atom. The molecule has 0 heterocycles. The molecule has 1 aliphatic rings. The predicted octanol–water partition coefficient (Wildman–Crippen LogP) is 3.18. The van der Waals surface area contributed by atoms with Crippen LogP contribution in [-0.4, -0.2) is 10.5 Å². The van der Waals surface area contributed by atoms with Crippen LogP contribution in [0.25, 0.3) is 0 Å². The lowest BCUT2D eigenvalue weighted by atomic mass is 10.0. The summed E-state index contributed by atoms with van der Waals surface area (Å²) in [7, 11) is 0. The second kappa shape index (κ2) is 4.65. The van der Waals surface area contributed by atoms with Gasteiger partial charge in [-0.1, -0.05) is 6.07 Å². The van der Waals surface area contributed by atoms with E-state index in [2.05, 4.69) is 0 Å². The van der Waals surface area contributed by atoms with Crippen LogP contribution < -0.4 is 4.74 Å². The second-order valence-corrected chi connectivity index (χ2v) is 4.78. The molecule has 1 aromatic carbocycles. The van der Waals surface area contributed by atoms with Crippen molar-refractivity contribution in [3.63, 3.8) is 0 Å². The minimum absolute atomic E-state index is 0.00984. The average molecular weight is 246 g/mol. The monoisotopic (exact) mass is 246 g/mol. The third-order valence-corrected chi connectivity index (χ3v) is 3.33. The van der Waals surface area contributed by atoms with Gasteiger partial charge < -0.3 is 4.74 Å². The smallest absolute Gasteiger partial charge is 0.290 e. The van der Waals surface area contributed by atoms with E-state index in [1.807, 2.05) is 13.0 Å². The van der Waals surface area contributed by atoms with Crippen molar-refractivity contribution < 1.29 is 9.66 Å². The Labute approximate surface area is 105 Å². The molecular formula is C13H14N2O3. The number of nitro groups is 1. The van der Waals surface area contributed by atoms with Gasteiger partial charge in [-0.25, -0.2) is 0 Å². The second-order valence-electron chi connectivity index (χ2n) is 4.78. The van der Waals surface area contributed by atoms with Crippen LogP contribution in [-0.2, 0) is 0 Å². The summed E-state index contributed by atoms with van der Waals surface area (Å²) < 4.78 is 5.85. The van der Waals surface area contributed by atoms with Gasteiger partial charge in [0.25, 0.3) is 5.69 Å². The normalized spacial score (nSPS) is 17.1. The van der Waals surface area contributed by atoms with Gasteiger partial charge in [0.05, 0.1) is 4.92 Å². The maximum absolute atomic E-state index is 10.8. The molecule has 0 bridgehead atoms. The molecule has 0 saturated heterocycles. The number of benzene rings is 1. The van der Waals surface area contributed by atoms with E-state index in [4.69, 9.17) is 10.00 Å². The van der Waals surface area contributed by atoms with Crippen LogP contribution >= 0.6 is 0 Å². The van der Waals surface area contributed by atoms with E-state index in [0.717, 1.165) is 25.7 Å². The third kappa shape index (κ3) is 2.28. The summed E-state index contributed by atoms with van der Waals surface area (Å²) in [6.45, 7) is 1.99. The van der Waals surface area contributed by atoms with E-state index in [9.17, 15) is 10.1 Å². The van der Waals surface area contributed by atoms with Crippen molar-refractivity contribution in [3.05, 3.63) is 33.9 Å². The van der Waals surface area contributed by atoms with Crippen LogP contribution in [0.4, 0.5) is 5.69 Å². The zero-order valence-electron chi connectivity index (χ0n) is 10.2. The molecule has 1 aliphatic carbocycles. The molecule has 0 aliphatic heterocycles. The molecule has 1 saturated carbocycles. The molecule has 1 aromatic rings. The number of hydrogen-bond acceptors (Lipinski definition) is 4. The van der Waals surface area contributed by atoms with Crippen LogP contribution in [0.15, 0.2) is 18.2 Å². The Morgan fingerprint density at radius 3 is 2.67 bits per heavy atom. The van der Waals surface area contributed by atoms with Crippen LogP contribution in [0.1, 0.15) is 38.2 Å². The maximum Gasteiger partial charge on any atom is 0.290 e. The van der Waals surface area contributed by atoms with Crippen LogP contribution in [0.2, 0.25) is 0 Å². The number of nitro benzene ring substituents is 1. The summed E-state index contributed by atoms with van der Waals surface area (Å²) in [5.74, 6) is 0.316. The van der Waals surface area contributed by atoms with Crippen LogP contribution in [0, 0.1) is 21.4 Å². The van der Waals surface area contributed by atoms with Gasteiger partial charge in [-0.05, 0) is 38.7 Å². The highest BCUT2D eigenvalue weighted by atomic mass is 16.6. The van der Waals surface area contributed by atoms with E-state index >= 15 is 0 Å². The zero-order valence-corrected chi connectivity index (χ0v) is 10.2. The van der Waals surface area contributed by atoms with E-state index in [1.165, 1.54) is 6.07 Å². The highest BCUT2D eigenvalue weighted by molar-refractivity contribution is 5.57. The first kappa shape index (κ1) is 12.4.